The van der Waals surface area contributed by atoms with Crippen molar-refractivity contribution in [2.75, 3.05) is 5.73 Å². The molecule has 2 aromatic carbocycles. The number of nitrogens with two attached hydrogens (primary N) is 1. The molecule has 2 N–H and O–H groups in total. The molecule has 0 aliphatic rings. The standard InChI is InChI=1S/C13H7Br2Cl2N3/c14-6-1-2-11(7(15)3-6)20-12-5-9(17)8(16)4-10(12)19-13(20)18/h1-5H,(H2,18,19). The van der Waals surface area contributed by atoms with Crippen molar-refractivity contribution in [2.45, 2.75) is 0 Å². The smallest absolute Gasteiger partial charge is 0.205 e. The van der Waals surface area contributed by atoms with Crippen LogP contribution in [0.2, 0.25) is 10.0 Å². The van der Waals surface area contributed by atoms with Gasteiger partial charge in [0.05, 0.1) is 26.8 Å². The van der Waals surface area contributed by atoms with E-state index in [0.717, 1.165) is 20.1 Å². The van der Waals surface area contributed by atoms with Crippen molar-refractivity contribution in [3.8, 4) is 5.69 Å². The highest BCUT2D eigenvalue weighted by Crippen LogP contribution is 2.33. The quantitative estimate of drug-likeness (QED) is 0.553. The van der Waals surface area contributed by atoms with Crippen LogP contribution in [0.1, 0.15) is 0 Å². The Balaban J connectivity index is 2.35. The molecule has 102 valence electrons. The van der Waals surface area contributed by atoms with Gasteiger partial charge in [0.25, 0.3) is 0 Å². The van der Waals surface area contributed by atoms with Gasteiger partial charge in [0.2, 0.25) is 5.95 Å². The summed E-state index contributed by atoms with van der Waals surface area (Å²) >= 11 is 19.1. The number of hydrogen-bond donors (Lipinski definition) is 1. The molecule has 0 spiro atoms. The zero-order chi connectivity index (χ0) is 14.4. The van der Waals surface area contributed by atoms with Gasteiger partial charge in [-0.05, 0) is 46.3 Å². The second-order valence-electron chi connectivity index (χ2n) is 4.16. The molecule has 0 fully saturated rings. The second-order valence-corrected chi connectivity index (χ2v) is 6.74. The summed E-state index contributed by atoms with van der Waals surface area (Å²) in [6.45, 7) is 0. The van der Waals surface area contributed by atoms with Gasteiger partial charge in [0.15, 0.2) is 0 Å². The van der Waals surface area contributed by atoms with E-state index in [1.807, 2.05) is 22.8 Å². The summed E-state index contributed by atoms with van der Waals surface area (Å²) in [5.74, 6) is 0.376. The summed E-state index contributed by atoms with van der Waals surface area (Å²) in [5, 5.41) is 0.923. The Hall–Kier alpha value is -0.750. The maximum absolute atomic E-state index is 6.09. The number of anilines is 1. The number of rotatable bonds is 1. The van der Waals surface area contributed by atoms with E-state index in [9.17, 15) is 0 Å². The normalized spacial score (nSPS) is 11.2. The van der Waals surface area contributed by atoms with Gasteiger partial charge in [-0.1, -0.05) is 39.1 Å². The summed E-state index contributed by atoms with van der Waals surface area (Å²) in [5.41, 5.74) is 8.41. The Morgan fingerprint density at radius 2 is 1.75 bits per heavy atom. The number of hydrogen-bond acceptors (Lipinski definition) is 2. The first-order valence-electron chi connectivity index (χ1n) is 5.56. The molecule has 0 saturated heterocycles. The summed E-state index contributed by atoms with van der Waals surface area (Å²) in [6, 6.07) is 9.28. The Kier molecular flexibility index (Phi) is 3.71. The largest absolute Gasteiger partial charge is 0.369 e. The van der Waals surface area contributed by atoms with Gasteiger partial charge in [-0.3, -0.25) is 4.57 Å². The summed E-state index contributed by atoms with van der Waals surface area (Å²) in [4.78, 5) is 4.32. The lowest BCUT2D eigenvalue weighted by atomic mass is 10.3. The van der Waals surface area contributed by atoms with E-state index >= 15 is 0 Å². The molecule has 0 aliphatic heterocycles. The second kappa shape index (κ2) is 5.22. The van der Waals surface area contributed by atoms with E-state index in [-0.39, 0.29) is 0 Å². The van der Waals surface area contributed by atoms with Gasteiger partial charge in [0.1, 0.15) is 0 Å². The third kappa shape index (κ3) is 2.33. The van der Waals surface area contributed by atoms with Crippen LogP contribution < -0.4 is 5.73 Å². The molecule has 0 bridgehead atoms. The maximum atomic E-state index is 6.09. The molecule has 3 nitrogen and oxygen atoms in total. The minimum atomic E-state index is 0.376. The number of imidazole rings is 1. The molecule has 0 atom stereocenters. The minimum absolute atomic E-state index is 0.376. The topological polar surface area (TPSA) is 43.8 Å². The van der Waals surface area contributed by atoms with Crippen LogP contribution in [0, 0.1) is 0 Å². The number of halogens is 4. The average Bonchev–Trinajstić information content (AvgIpc) is 2.66. The predicted octanol–water partition coefficient (Wildman–Crippen LogP) is 5.44. The lowest BCUT2D eigenvalue weighted by molar-refractivity contribution is 1.10. The van der Waals surface area contributed by atoms with Crippen LogP contribution in [0.15, 0.2) is 39.3 Å². The first-order valence-corrected chi connectivity index (χ1v) is 7.90. The zero-order valence-corrected chi connectivity index (χ0v) is 14.6. The van der Waals surface area contributed by atoms with Gasteiger partial charge < -0.3 is 5.73 Å². The molecule has 0 unspecified atom stereocenters. The fraction of sp³-hybridized carbons (Fsp3) is 0. The summed E-state index contributed by atoms with van der Waals surface area (Å²) in [6.07, 6.45) is 0. The number of nitrogen functional groups attached to an aromatic ring is 1. The number of benzene rings is 2. The van der Waals surface area contributed by atoms with Crippen molar-refractivity contribution >= 4 is 72.0 Å². The van der Waals surface area contributed by atoms with E-state index in [1.165, 1.54) is 0 Å². The van der Waals surface area contributed by atoms with Gasteiger partial charge in [-0.25, -0.2) is 4.98 Å². The van der Waals surface area contributed by atoms with Gasteiger partial charge in [-0.15, -0.1) is 0 Å². The van der Waals surface area contributed by atoms with Crippen molar-refractivity contribution in [3.05, 3.63) is 49.3 Å². The van der Waals surface area contributed by atoms with Crippen molar-refractivity contribution in [1.82, 2.24) is 9.55 Å². The molecule has 20 heavy (non-hydrogen) atoms. The van der Waals surface area contributed by atoms with Gasteiger partial charge in [-0.2, -0.15) is 0 Å². The van der Waals surface area contributed by atoms with Gasteiger partial charge in [0, 0.05) is 8.95 Å². The lowest BCUT2D eigenvalue weighted by Gasteiger charge is -2.09. The van der Waals surface area contributed by atoms with Crippen LogP contribution in [-0.4, -0.2) is 9.55 Å². The van der Waals surface area contributed by atoms with Crippen LogP contribution in [0.4, 0.5) is 5.95 Å². The Morgan fingerprint density at radius 3 is 2.45 bits per heavy atom. The molecule has 0 amide bonds. The molecule has 1 heterocycles. The van der Waals surface area contributed by atoms with E-state index in [1.54, 1.807) is 12.1 Å². The predicted molar refractivity (Wildman–Crippen MR) is 90.9 cm³/mol. The summed E-state index contributed by atoms with van der Waals surface area (Å²) < 4.78 is 3.69. The Morgan fingerprint density at radius 1 is 1.05 bits per heavy atom. The van der Waals surface area contributed by atoms with Gasteiger partial charge >= 0.3 is 0 Å². The number of aromatic nitrogens is 2. The van der Waals surface area contributed by atoms with E-state index in [4.69, 9.17) is 28.9 Å². The Labute approximate surface area is 141 Å². The van der Waals surface area contributed by atoms with Crippen LogP contribution in [0.25, 0.3) is 16.7 Å². The average molecular weight is 436 g/mol. The molecule has 0 radical (unpaired) electrons. The molecular weight excluding hydrogens is 429 g/mol. The fourth-order valence-electron chi connectivity index (χ4n) is 2.01. The summed E-state index contributed by atoms with van der Waals surface area (Å²) in [7, 11) is 0. The monoisotopic (exact) mass is 433 g/mol. The van der Waals surface area contributed by atoms with Crippen molar-refractivity contribution in [2.24, 2.45) is 0 Å². The highest BCUT2D eigenvalue weighted by molar-refractivity contribution is 9.11. The molecule has 0 aliphatic carbocycles. The van der Waals surface area contributed by atoms with Crippen LogP contribution in [0.3, 0.4) is 0 Å². The van der Waals surface area contributed by atoms with Crippen LogP contribution in [-0.2, 0) is 0 Å². The third-order valence-electron chi connectivity index (χ3n) is 2.87. The van der Waals surface area contributed by atoms with Crippen molar-refractivity contribution < 1.29 is 0 Å². The third-order valence-corrected chi connectivity index (χ3v) is 4.72. The first-order chi connectivity index (χ1) is 9.47. The molecule has 0 saturated carbocycles. The molecule has 3 aromatic rings. The lowest BCUT2D eigenvalue weighted by Crippen LogP contribution is -2.01. The minimum Gasteiger partial charge on any atom is -0.369 e. The van der Waals surface area contributed by atoms with Crippen molar-refractivity contribution in [1.29, 1.82) is 0 Å². The number of nitrogens with zero attached hydrogens (tertiary/aromatic N) is 2. The highest BCUT2D eigenvalue weighted by atomic mass is 79.9. The van der Waals surface area contributed by atoms with Crippen LogP contribution in [0.5, 0.6) is 0 Å². The van der Waals surface area contributed by atoms with E-state index in [2.05, 4.69) is 36.8 Å². The van der Waals surface area contributed by atoms with Crippen molar-refractivity contribution in [3.63, 3.8) is 0 Å². The molecular formula is C13H7Br2Cl2N3. The van der Waals surface area contributed by atoms with Crippen LogP contribution >= 0.6 is 55.1 Å². The molecule has 3 rings (SSSR count). The Bertz CT molecular complexity index is 830. The SMILES string of the molecule is Nc1nc2cc(Cl)c(Cl)cc2n1-c1ccc(Br)cc1Br. The van der Waals surface area contributed by atoms with E-state index in [0.29, 0.717) is 21.5 Å². The van der Waals surface area contributed by atoms with E-state index < -0.39 is 0 Å². The highest BCUT2D eigenvalue weighted by Gasteiger charge is 2.14. The zero-order valence-electron chi connectivity index (χ0n) is 9.87. The molecule has 7 heteroatoms. The number of fused-ring (bicyclic) bond motifs is 1. The molecule has 1 aromatic heterocycles. The maximum Gasteiger partial charge on any atom is 0.205 e. The first kappa shape index (κ1) is 14.2. The fourth-order valence-corrected chi connectivity index (χ4v) is 3.55.